The molecule has 2 rings (SSSR count). The van der Waals surface area contributed by atoms with Crippen LogP contribution >= 0.6 is 0 Å². The van der Waals surface area contributed by atoms with Gasteiger partial charge >= 0.3 is 6.16 Å². The standard InChI is InChI=1S/C15H17NO6/c17-15(21-11-14-5-3-1-2-4-10-20-14)22-13-8-6-12(7-9-13)16(18)19/h1-2,6-9,14H,3-5,10-11H2/t14-/m1/s1. The molecule has 0 N–H and O–H groups in total. The van der Waals surface area contributed by atoms with Crippen LogP contribution in [0.2, 0.25) is 0 Å². The van der Waals surface area contributed by atoms with E-state index in [2.05, 4.69) is 12.2 Å². The van der Waals surface area contributed by atoms with E-state index >= 15 is 0 Å². The van der Waals surface area contributed by atoms with Crippen molar-refractivity contribution in [1.29, 1.82) is 0 Å². The van der Waals surface area contributed by atoms with Crippen LogP contribution < -0.4 is 4.74 Å². The van der Waals surface area contributed by atoms with E-state index in [0.29, 0.717) is 6.61 Å². The van der Waals surface area contributed by atoms with Crippen molar-refractivity contribution in [2.75, 3.05) is 13.2 Å². The quantitative estimate of drug-likeness (QED) is 0.279. The Kier molecular flexibility index (Phi) is 5.91. The van der Waals surface area contributed by atoms with Crippen molar-refractivity contribution < 1.29 is 23.9 Å². The maximum atomic E-state index is 11.6. The van der Waals surface area contributed by atoms with Gasteiger partial charge in [0.25, 0.3) is 5.69 Å². The molecule has 1 aliphatic heterocycles. The fraction of sp³-hybridized carbons (Fsp3) is 0.400. The van der Waals surface area contributed by atoms with Gasteiger partial charge in [-0.3, -0.25) is 10.1 Å². The van der Waals surface area contributed by atoms with E-state index in [0.717, 1.165) is 19.3 Å². The van der Waals surface area contributed by atoms with Gasteiger partial charge in [-0.1, -0.05) is 12.2 Å². The molecule has 0 aliphatic carbocycles. The van der Waals surface area contributed by atoms with Crippen LogP contribution in [-0.2, 0) is 9.47 Å². The van der Waals surface area contributed by atoms with Gasteiger partial charge in [-0.25, -0.2) is 4.79 Å². The van der Waals surface area contributed by atoms with Gasteiger partial charge in [-0.15, -0.1) is 0 Å². The van der Waals surface area contributed by atoms with Gasteiger partial charge in [0, 0.05) is 12.1 Å². The Labute approximate surface area is 127 Å². The lowest BCUT2D eigenvalue weighted by Gasteiger charge is -2.18. The number of hydrogen-bond donors (Lipinski definition) is 0. The Morgan fingerprint density at radius 3 is 2.73 bits per heavy atom. The molecule has 0 saturated heterocycles. The van der Waals surface area contributed by atoms with Crippen molar-refractivity contribution >= 4 is 11.8 Å². The SMILES string of the molecule is O=C(OC[C@H]1CCC=CCCO1)Oc1ccc([N+](=O)[O-])cc1. The van der Waals surface area contributed by atoms with Crippen molar-refractivity contribution in [3.8, 4) is 5.75 Å². The normalized spacial score (nSPS) is 18.1. The number of rotatable bonds is 4. The van der Waals surface area contributed by atoms with Crippen LogP contribution in [-0.4, -0.2) is 30.4 Å². The van der Waals surface area contributed by atoms with Crippen molar-refractivity contribution in [3.05, 3.63) is 46.5 Å². The van der Waals surface area contributed by atoms with Crippen LogP contribution in [0.1, 0.15) is 19.3 Å². The summed E-state index contributed by atoms with van der Waals surface area (Å²) >= 11 is 0. The zero-order valence-corrected chi connectivity index (χ0v) is 12.0. The number of benzene rings is 1. The van der Waals surface area contributed by atoms with E-state index in [-0.39, 0.29) is 24.1 Å². The molecule has 0 unspecified atom stereocenters. The fourth-order valence-corrected chi connectivity index (χ4v) is 1.96. The number of nitro groups is 1. The molecule has 118 valence electrons. The smallest absolute Gasteiger partial charge is 0.431 e. The van der Waals surface area contributed by atoms with Crippen molar-refractivity contribution in [2.24, 2.45) is 0 Å². The third-order valence-corrected chi connectivity index (χ3v) is 3.10. The summed E-state index contributed by atoms with van der Waals surface area (Å²) in [6.45, 7) is 0.724. The van der Waals surface area contributed by atoms with Crippen LogP contribution in [0.25, 0.3) is 0 Å². The van der Waals surface area contributed by atoms with E-state index in [1.807, 2.05) is 0 Å². The van der Waals surface area contributed by atoms with Crippen molar-refractivity contribution in [2.45, 2.75) is 25.4 Å². The van der Waals surface area contributed by atoms with Crippen molar-refractivity contribution in [3.63, 3.8) is 0 Å². The van der Waals surface area contributed by atoms with Crippen LogP contribution in [0.15, 0.2) is 36.4 Å². The summed E-state index contributed by atoms with van der Waals surface area (Å²) in [6.07, 6.45) is 5.67. The molecular formula is C15H17NO6. The second-order valence-corrected chi connectivity index (χ2v) is 4.74. The summed E-state index contributed by atoms with van der Waals surface area (Å²) in [6, 6.07) is 5.20. The van der Waals surface area contributed by atoms with Gasteiger partial charge in [0.15, 0.2) is 0 Å². The largest absolute Gasteiger partial charge is 0.513 e. The maximum Gasteiger partial charge on any atom is 0.513 e. The van der Waals surface area contributed by atoms with Gasteiger partial charge in [0.1, 0.15) is 12.4 Å². The molecule has 0 saturated carbocycles. The van der Waals surface area contributed by atoms with Gasteiger partial charge in [0.2, 0.25) is 0 Å². The molecule has 1 heterocycles. The minimum absolute atomic E-state index is 0.0725. The first-order valence-corrected chi connectivity index (χ1v) is 7.01. The Morgan fingerprint density at radius 1 is 1.27 bits per heavy atom. The zero-order chi connectivity index (χ0) is 15.8. The number of nitrogens with zero attached hydrogens (tertiary/aromatic N) is 1. The summed E-state index contributed by atoms with van der Waals surface area (Å²) < 4.78 is 15.5. The average Bonchev–Trinajstić information content (AvgIpc) is 2.46. The van der Waals surface area contributed by atoms with Gasteiger partial charge in [0.05, 0.1) is 17.6 Å². The predicted octanol–water partition coefficient (Wildman–Crippen LogP) is 3.24. The second kappa shape index (κ2) is 8.14. The lowest BCUT2D eigenvalue weighted by atomic mass is 10.1. The van der Waals surface area contributed by atoms with Crippen LogP contribution in [0.3, 0.4) is 0 Å². The molecule has 0 bridgehead atoms. The summed E-state index contributed by atoms with van der Waals surface area (Å²) in [5.41, 5.74) is -0.0725. The third-order valence-electron chi connectivity index (χ3n) is 3.10. The Morgan fingerprint density at radius 2 is 2.00 bits per heavy atom. The molecule has 1 aromatic rings. The number of carbonyl (C=O) groups is 1. The second-order valence-electron chi connectivity index (χ2n) is 4.74. The molecule has 7 heteroatoms. The van der Waals surface area contributed by atoms with Crippen molar-refractivity contribution in [1.82, 2.24) is 0 Å². The number of allylic oxidation sites excluding steroid dienone is 1. The summed E-state index contributed by atoms with van der Waals surface area (Å²) in [5, 5.41) is 10.5. The monoisotopic (exact) mass is 307 g/mol. The van der Waals surface area contributed by atoms with Crippen LogP contribution in [0, 0.1) is 10.1 Å². The molecule has 22 heavy (non-hydrogen) atoms. The first-order valence-electron chi connectivity index (χ1n) is 7.01. The van der Waals surface area contributed by atoms with Gasteiger partial charge in [-0.2, -0.15) is 0 Å². The Hall–Kier alpha value is -2.41. The minimum atomic E-state index is -0.852. The predicted molar refractivity (Wildman–Crippen MR) is 77.8 cm³/mol. The highest BCUT2D eigenvalue weighted by molar-refractivity contribution is 5.64. The molecular weight excluding hydrogens is 290 g/mol. The molecule has 1 atom stereocenters. The number of ether oxygens (including phenoxy) is 3. The van der Waals surface area contributed by atoms with Crippen LogP contribution in [0.5, 0.6) is 5.75 Å². The van der Waals surface area contributed by atoms with Crippen LogP contribution in [0.4, 0.5) is 10.5 Å². The fourth-order valence-electron chi connectivity index (χ4n) is 1.96. The maximum absolute atomic E-state index is 11.6. The van der Waals surface area contributed by atoms with E-state index in [9.17, 15) is 14.9 Å². The van der Waals surface area contributed by atoms with E-state index in [1.54, 1.807) is 0 Å². The topological polar surface area (TPSA) is 87.9 Å². The zero-order valence-electron chi connectivity index (χ0n) is 12.0. The van der Waals surface area contributed by atoms with E-state index < -0.39 is 11.1 Å². The minimum Gasteiger partial charge on any atom is -0.431 e. The molecule has 0 radical (unpaired) electrons. The first kappa shape index (κ1) is 16.0. The molecule has 0 fully saturated rings. The van der Waals surface area contributed by atoms with E-state index in [4.69, 9.17) is 14.2 Å². The molecule has 1 aromatic carbocycles. The Bertz CT molecular complexity index is 539. The number of carbonyl (C=O) groups excluding carboxylic acids is 1. The third kappa shape index (κ3) is 5.17. The molecule has 1 aliphatic rings. The lowest BCUT2D eigenvalue weighted by Crippen LogP contribution is -2.24. The lowest BCUT2D eigenvalue weighted by molar-refractivity contribution is -0.384. The number of nitro benzene ring substituents is 1. The van der Waals surface area contributed by atoms with Gasteiger partial charge in [-0.05, 0) is 31.4 Å². The highest BCUT2D eigenvalue weighted by atomic mass is 16.7. The molecule has 7 nitrogen and oxygen atoms in total. The first-order chi connectivity index (χ1) is 10.6. The summed E-state index contributed by atoms with van der Waals surface area (Å²) in [4.78, 5) is 21.6. The van der Waals surface area contributed by atoms with E-state index in [1.165, 1.54) is 24.3 Å². The molecule has 0 spiro atoms. The summed E-state index contributed by atoms with van der Waals surface area (Å²) in [7, 11) is 0. The number of hydrogen-bond acceptors (Lipinski definition) is 6. The number of non-ortho nitro benzene ring substituents is 1. The average molecular weight is 307 g/mol. The summed E-state index contributed by atoms with van der Waals surface area (Å²) in [5.74, 6) is 0.192. The highest BCUT2D eigenvalue weighted by Gasteiger charge is 2.14. The van der Waals surface area contributed by atoms with Gasteiger partial charge < -0.3 is 14.2 Å². The molecule has 0 amide bonds. The highest BCUT2D eigenvalue weighted by Crippen LogP contribution is 2.18. The molecule has 0 aromatic heterocycles. The Balaban J connectivity index is 1.77.